The molecule has 222 valence electrons. The molecule has 0 radical (unpaired) electrons. The highest BCUT2D eigenvalue weighted by molar-refractivity contribution is 6.33. The average molecular weight is 601 g/mol. The number of amides is 1. The molecule has 2 saturated heterocycles. The summed E-state index contributed by atoms with van der Waals surface area (Å²) in [6, 6.07) is 8.70. The van der Waals surface area contributed by atoms with Gasteiger partial charge in [0, 0.05) is 12.5 Å². The van der Waals surface area contributed by atoms with E-state index in [4.69, 9.17) is 20.9 Å². The lowest BCUT2D eigenvalue weighted by Gasteiger charge is -2.31. The van der Waals surface area contributed by atoms with Gasteiger partial charge in [-0.2, -0.15) is 4.98 Å². The standard InChI is InChI=1S/C30H31ClF2N4O5/c31-23-4-2-1-3-20(23)28-34-27(35-42-28)15-36-9-7-17(8-10-36)16-41-26-13-24(33)22(12-21(26)18-5-6-18)29(38)37-14-19(32)11-25(37)30(39)40/h1-4,12-13,17-19,25H,5-11,14-16H2,(H,39,40)/t19-,25+/m1/s1. The number of hydrogen-bond donors (Lipinski definition) is 1. The molecule has 1 N–H and O–H groups in total. The van der Waals surface area contributed by atoms with E-state index in [1.165, 1.54) is 12.1 Å². The Kier molecular flexibility index (Phi) is 8.13. The van der Waals surface area contributed by atoms with E-state index < -0.39 is 29.9 Å². The number of carboxylic acids is 1. The number of likely N-dealkylation sites (tertiary alicyclic amines) is 2. The number of nitrogens with zero attached hydrogens (tertiary/aromatic N) is 4. The van der Waals surface area contributed by atoms with Gasteiger partial charge in [-0.05, 0) is 74.4 Å². The topological polar surface area (TPSA) is 109 Å². The summed E-state index contributed by atoms with van der Waals surface area (Å²) in [7, 11) is 0. The van der Waals surface area contributed by atoms with Gasteiger partial charge in [0.25, 0.3) is 11.8 Å². The van der Waals surface area contributed by atoms with E-state index in [9.17, 15) is 19.1 Å². The molecule has 3 aliphatic rings. The summed E-state index contributed by atoms with van der Waals surface area (Å²) >= 11 is 6.24. The van der Waals surface area contributed by atoms with Crippen LogP contribution in [0.5, 0.6) is 5.75 Å². The highest BCUT2D eigenvalue weighted by atomic mass is 35.5. The minimum absolute atomic E-state index is 0.155. The van der Waals surface area contributed by atoms with Crippen LogP contribution in [0.25, 0.3) is 11.5 Å². The third kappa shape index (κ3) is 6.12. The lowest BCUT2D eigenvalue weighted by atomic mass is 9.97. The molecule has 1 aromatic heterocycles. The van der Waals surface area contributed by atoms with Crippen LogP contribution in [0.15, 0.2) is 40.9 Å². The van der Waals surface area contributed by atoms with Crippen LogP contribution in [0.4, 0.5) is 8.78 Å². The molecule has 2 aliphatic heterocycles. The zero-order valence-electron chi connectivity index (χ0n) is 22.8. The Labute approximate surface area is 246 Å². The molecule has 2 atom stereocenters. The predicted molar refractivity (Wildman–Crippen MR) is 149 cm³/mol. The highest BCUT2D eigenvalue weighted by Crippen LogP contribution is 2.45. The normalized spacial score (nSPS) is 21.5. The second-order valence-electron chi connectivity index (χ2n) is 11.3. The second-order valence-corrected chi connectivity index (χ2v) is 11.7. The van der Waals surface area contributed by atoms with Gasteiger partial charge < -0.3 is 19.3 Å². The minimum atomic E-state index is -1.45. The Hall–Kier alpha value is -3.57. The Morgan fingerprint density at radius 3 is 2.62 bits per heavy atom. The molecule has 42 heavy (non-hydrogen) atoms. The van der Waals surface area contributed by atoms with Crippen molar-refractivity contribution in [2.24, 2.45) is 5.92 Å². The van der Waals surface area contributed by atoms with Crippen LogP contribution in [0.3, 0.4) is 0 Å². The van der Waals surface area contributed by atoms with Crippen molar-refractivity contribution in [3.05, 3.63) is 64.2 Å². The number of ether oxygens (including phenoxy) is 1. The van der Waals surface area contributed by atoms with Crippen LogP contribution in [0.1, 0.15) is 59.8 Å². The fourth-order valence-electron chi connectivity index (χ4n) is 5.75. The largest absolute Gasteiger partial charge is 0.493 e. The Morgan fingerprint density at radius 1 is 1.14 bits per heavy atom. The second kappa shape index (κ2) is 12.0. The van der Waals surface area contributed by atoms with Gasteiger partial charge in [0.05, 0.1) is 35.8 Å². The summed E-state index contributed by atoms with van der Waals surface area (Å²) in [6.07, 6.45) is 1.81. The van der Waals surface area contributed by atoms with Crippen LogP contribution in [-0.2, 0) is 11.3 Å². The van der Waals surface area contributed by atoms with Crippen molar-refractivity contribution < 1.29 is 32.7 Å². The van der Waals surface area contributed by atoms with Crippen molar-refractivity contribution in [3.8, 4) is 17.2 Å². The maximum absolute atomic E-state index is 15.2. The first kappa shape index (κ1) is 28.5. The molecule has 12 heteroatoms. The SMILES string of the molecule is O=C(O)[C@@H]1C[C@@H](F)CN1C(=O)c1cc(C2CC2)c(OCC2CCN(Cc3noc(-c4ccccc4Cl)n3)CC2)cc1F. The van der Waals surface area contributed by atoms with Gasteiger partial charge >= 0.3 is 5.97 Å². The molecule has 9 nitrogen and oxygen atoms in total. The maximum Gasteiger partial charge on any atom is 0.326 e. The van der Waals surface area contributed by atoms with Crippen LogP contribution in [0, 0.1) is 11.7 Å². The summed E-state index contributed by atoms with van der Waals surface area (Å²) in [5.74, 6) is -1.09. The van der Waals surface area contributed by atoms with Gasteiger partial charge in [0.15, 0.2) is 5.82 Å². The summed E-state index contributed by atoms with van der Waals surface area (Å²) in [4.78, 5) is 32.3. The number of hydrogen-bond acceptors (Lipinski definition) is 7. The third-order valence-corrected chi connectivity index (χ3v) is 8.59. The lowest BCUT2D eigenvalue weighted by Crippen LogP contribution is -2.41. The number of halogens is 3. The Bertz CT molecular complexity index is 1470. The predicted octanol–water partition coefficient (Wildman–Crippen LogP) is 5.33. The number of rotatable bonds is 9. The number of piperidine rings is 1. The van der Waals surface area contributed by atoms with Crippen LogP contribution < -0.4 is 4.74 Å². The summed E-state index contributed by atoms with van der Waals surface area (Å²) in [6.45, 7) is 2.24. The molecule has 0 bridgehead atoms. The summed E-state index contributed by atoms with van der Waals surface area (Å²) < 4.78 is 40.7. The van der Waals surface area contributed by atoms with Gasteiger partial charge in [-0.15, -0.1) is 0 Å². The number of carbonyl (C=O) groups is 2. The molecule has 0 unspecified atom stereocenters. The molecule has 1 aliphatic carbocycles. The lowest BCUT2D eigenvalue weighted by molar-refractivity contribution is -0.141. The number of aliphatic carboxylic acids is 1. The highest BCUT2D eigenvalue weighted by Gasteiger charge is 2.41. The molecule has 1 amide bonds. The van der Waals surface area contributed by atoms with Crippen molar-refractivity contribution in [1.29, 1.82) is 0 Å². The van der Waals surface area contributed by atoms with Crippen molar-refractivity contribution in [1.82, 2.24) is 19.9 Å². The van der Waals surface area contributed by atoms with Gasteiger partial charge in [0.1, 0.15) is 23.8 Å². The van der Waals surface area contributed by atoms with E-state index in [0.29, 0.717) is 41.2 Å². The molecular formula is C30H31ClF2N4O5. The molecule has 3 heterocycles. The van der Waals surface area contributed by atoms with Crippen molar-refractivity contribution in [3.63, 3.8) is 0 Å². The van der Waals surface area contributed by atoms with E-state index in [2.05, 4.69) is 15.0 Å². The van der Waals surface area contributed by atoms with Gasteiger partial charge in [-0.25, -0.2) is 13.6 Å². The van der Waals surface area contributed by atoms with Crippen LogP contribution in [0.2, 0.25) is 5.02 Å². The Morgan fingerprint density at radius 2 is 1.90 bits per heavy atom. The van der Waals surface area contributed by atoms with Gasteiger partial charge in [-0.1, -0.05) is 28.9 Å². The number of carboxylic acid groups (broad SMARTS) is 1. The van der Waals surface area contributed by atoms with E-state index in [1.807, 2.05) is 18.2 Å². The smallest absolute Gasteiger partial charge is 0.326 e. The van der Waals surface area contributed by atoms with Crippen LogP contribution >= 0.6 is 11.6 Å². The summed E-state index contributed by atoms with van der Waals surface area (Å²) in [5.41, 5.74) is 1.20. The van der Waals surface area contributed by atoms with E-state index in [0.717, 1.165) is 49.2 Å². The molecule has 3 aromatic rings. The zero-order chi connectivity index (χ0) is 29.4. The molecule has 6 rings (SSSR count). The molecule has 2 aromatic carbocycles. The van der Waals surface area contributed by atoms with Crippen molar-refractivity contribution in [2.45, 2.75) is 56.8 Å². The number of benzene rings is 2. The van der Waals surface area contributed by atoms with Crippen molar-refractivity contribution >= 4 is 23.5 Å². The minimum Gasteiger partial charge on any atom is -0.493 e. The third-order valence-electron chi connectivity index (χ3n) is 8.26. The first-order valence-corrected chi connectivity index (χ1v) is 14.6. The first-order valence-electron chi connectivity index (χ1n) is 14.2. The van der Waals surface area contributed by atoms with Crippen molar-refractivity contribution in [2.75, 3.05) is 26.2 Å². The van der Waals surface area contributed by atoms with Gasteiger partial charge in [-0.3, -0.25) is 9.69 Å². The molecular weight excluding hydrogens is 570 g/mol. The molecule has 0 spiro atoms. The number of carbonyl (C=O) groups excluding carboxylic acids is 1. The van der Waals surface area contributed by atoms with Crippen LogP contribution in [-0.4, -0.2) is 75.4 Å². The average Bonchev–Trinajstić information content (AvgIpc) is 3.58. The molecule has 3 fully saturated rings. The fraction of sp³-hybridized carbons (Fsp3) is 0.467. The summed E-state index contributed by atoms with van der Waals surface area (Å²) in [5, 5.41) is 14.1. The Balaban J connectivity index is 1.05. The van der Waals surface area contributed by atoms with E-state index >= 15 is 4.39 Å². The molecule has 1 saturated carbocycles. The fourth-order valence-corrected chi connectivity index (χ4v) is 5.97. The first-order chi connectivity index (χ1) is 20.3. The zero-order valence-corrected chi connectivity index (χ0v) is 23.6. The monoisotopic (exact) mass is 600 g/mol. The number of aromatic nitrogens is 2. The quantitative estimate of drug-likeness (QED) is 0.351. The maximum atomic E-state index is 15.2. The van der Waals surface area contributed by atoms with E-state index in [1.54, 1.807) is 6.07 Å². The number of alkyl halides is 1. The van der Waals surface area contributed by atoms with E-state index in [-0.39, 0.29) is 30.4 Å². The van der Waals surface area contributed by atoms with Gasteiger partial charge in [0.2, 0.25) is 0 Å².